The minimum absolute atomic E-state index is 0.0981. The van der Waals surface area contributed by atoms with Gasteiger partial charge in [-0.2, -0.15) is 4.98 Å². The Morgan fingerprint density at radius 3 is 2.57 bits per heavy atom. The minimum Gasteiger partial charge on any atom is -0.495 e. The number of carbonyl (C=O) groups excluding carboxylic acids is 1. The van der Waals surface area contributed by atoms with Crippen LogP contribution in [-0.2, 0) is 11.2 Å². The number of nitrogens with zero attached hydrogens (tertiary/aromatic N) is 4. The van der Waals surface area contributed by atoms with Gasteiger partial charge in [0.15, 0.2) is 0 Å². The van der Waals surface area contributed by atoms with Crippen molar-refractivity contribution in [2.75, 3.05) is 38.2 Å². The lowest BCUT2D eigenvalue weighted by Crippen LogP contribution is -2.48. The molecule has 0 spiro atoms. The second-order valence-corrected chi connectivity index (χ2v) is 7.49. The number of halogens is 1. The number of hydrogen-bond acceptors (Lipinski definition) is 6. The van der Waals surface area contributed by atoms with Crippen LogP contribution in [0.4, 0.5) is 5.69 Å². The van der Waals surface area contributed by atoms with Crippen LogP contribution < -0.4 is 9.64 Å². The van der Waals surface area contributed by atoms with Crippen molar-refractivity contribution in [1.82, 2.24) is 15.0 Å². The molecule has 4 rings (SSSR count). The maximum atomic E-state index is 12.6. The summed E-state index contributed by atoms with van der Waals surface area (Å²) in [6.07, 6.45) is 0.767. The molecule has 1 aliphatic rings. The van der Waals surface area contributed by atoms with Crippen molar-refractivity contribution >= 4 is 23.2 Å². The maximum Gasteiger partial charge on any atom is 0.227 e. The number of amides is 1. The molecule has 1 aromatic heterocycles. The Morgan fingerprint density at radius 1 is 1.10 bits per heavy atom. The summed E-state index contributed by atoms with van der Waals surface area (Å²) in [6, 6.07) is 15.2. The van der Waals surface area contributed by atoms with Gasteiger partial charge >= 0.3 is 0 Å². The number of hydrogen-bond donors (Lipinski definition) is 0. The SMILES string of the molecule is COc1ccccc1N1CCN(C(=O)CCc2nc(-c3ccc(Cl)cc3)no2)CC1. The molecule has 1 saturated heterocycles. The quantitative estimate of drug-likeness (QED) is 0.598. The molecular weight excluding hydrogens is 404 g/mol. The molecule has 0 aliphatic carbocycles. The number of rotatable bonds is 6. The molecule has 2 aromatic carbocycles. The van der Waals surface area contributed by atoms with E-state index >= 15 is 0 Å². The van der Waals surface area contributed by atoms with Gasteiger partial charge in [-0.3, -0.25) is 4.79 Å². The van der Waals surface area contributed by atoms with E-state index < -0.39 is 0 Å². The van der Waals surface area contributed by atoms with Gasteiger partial charge in [0.1, 0.15) is 5.75 Å². The number of anilines is 1. The van der Waals surface area contributed by atoms with Gasteiger partial charge in [-0.25, -0.2) is 0 Å². The van der Waals surface area contributed by atoms with Crippen LogP contribution in [-0.4, -0.2) is 54.2 Å². The highest BCUT2D eigenvalue weighted by Gasteiger charge is 2.23. The third-order valence-corrected chi connectivity index (χ3v) is 5.43. The summed E-state index contributed by atoms with van der Waals surface area (Å²) < 4.78 is 10.7. The summed E-state index contributed by atoms with van der Waals surface area (Å²) in [7, 11) is 1.68. The molecule has 1 aliphatic heterocycles. The molecule has 7 nitrogen and oxygen atoms in total. The van der Waals surface area contributed by atoms with E-state index in [1.165, 1.54) is 0 Å². The Balaban J connectivity index is 1.29. The van der Waals surface area contributed by atoms with Crippen LogP contribution in [0.25, 0.3) is 11.4 Å². The van der Waals surface area contributed by atoms with Gasteiger partial charge in [-0.05, 0) is 36.4 Å². The number of para-hydroxylation sites is 2. The lowest BCUT2D eigenvalue weighted by molar-refractivity contribution is -0.131. The van der Waals surface area contributed by atoms with Crippen LogP contribution in [0.1, 0.15) is 12.3 Å². The smallest absolute Gasteiger partial charge is 0.227 e. The number of benzene rings is 2. The molecule has 3 aromatic rings. The fourth-order valence-electron chi connectivity index (χ4n) is 3.53. The Hall–Kier alpha value is -3.06. The fraction of sp³-hybridized carbons (Fsp3) is 0.318. The van der Waals surface area contributed by atoms with Crippen molar-refractivity contribution < 1.29 is 14.1 Å². The van der Waals surface area contributed by atoms with Gasteiger partial charge in [-0.15, -0.1) is 0 Å². The van der Waals surface area contributed by atoms with Crippen molar-refractivity contribution in [3.8, 4) is 17.1 Å². The van der Waals surface area contributed by atoms with Gasteiger partial charge in [0.2, 0.25) is 17.6 Å². The van der Waals surface area contributed by atoms with E-state index in [0.717, 1.165) is 30.1 Å². The zero-order valence-electron chi connectivity index (χ0n) is 16.8. The van der Waals surface area contributed by atoms with Crippen molar-refractivity contribution in [2.24, 2.45) is 0 Å². The molecule has 156 valence electrons. The first-order chi connectivity index (χ1) is 14.6. The molecule has 0 atom stereocenters. The van der Waals surface area contributed by atoms with Crippen LogP contribution in [0.2, 0.25) is 5.02 Å². The van der Waals surface area contributed by atoms with Crippen molar-refractivity contribution in [1.29, 1.82) is 0 Å². The van der Waals surface area contributed by atoms with Crippen LogP contribution >= 0.6 is 11.6 Å². The molecule has 0 N–H and O–H groups in total. The van der Waals surface area contributed by atoms with Gasteiger partial charge in [0.05, 0.1) is 12.8 Å². The average Bonchev–Trinajstić information content (AvgIpc) is 3.27. The largest absolute Gasteiger partial charge is 0.495 e. The molecule has 2 heterocycles. The third-order valence-electron chi connectivity index (χ3n) is 5.18. The maximum absolute atomic E-state index is 12.6. The molecule has 1 fully saturated rings. The molecular formula is C22H23ClN4O3. The van der Waals surface area contributed by atoms with E-state index in [-0.39, 0.29) is 5.91 Å². The Kier molecular flexibility index (Phi) is 6.18. The first kappa shape index (κ1) is 20.2. The summed E-state index contributed by atoms with van der Waals surface area (Å²) in [5.41, 5.74) is 1.89. The number of piperazine rings is 1. The van der Waals surface area contributed by atoms with Crippen molar-refractivity contribution in [3.05, 3.63) is 59.4 Å². The van der Waals surface area contributed by atoms with Gasteiger partial charge in [-0.1, -0.05) is 28.9 Å². The average molecular weight is 427 g/mol. The fourth-order valence-corrected chi connectivity index (χ4v) is 3.66. The first-order valence-corrected chi connectivity index (χ1v) is 10.3. The first-order valence-electron chi connectivity index (χ1n) is 9.88. The number of carbonyl (C=O) groups is 1. The molecule has 30 heavy (non-hydrogen) atoms. The Morgan fingerprint density at radius 2 is 1.83 bits per heavy atom. The second kappa shape index (κ2) is 9.17. The van der Waals surface area contributed by atoms with E-state index in [9.17, 15) is 4.79 Å². The van der Waals surface area contributed by atoms with E-state index in [2.05, 4.69) is 15.0 Å². The highest BCUT2D eigenvalue weighted by atomic mass is 35.5. The van der Waals surface area contributed by atoms with Crippen LogP contribution in [0.15, 0.2) is 53.1 Å². The van der Waals surface area contributed by atoms with Gasteiger partial charge in [0.25, 0.3) is 0 Å². The highest BCUT2D eigenvalue weighted by Crippen LogP contribution is 2.28. The van der Waals surface area contributed by atoms with Crippen molar-refractivity contribution in [3.63, 3.8) is 0 Å². The van der Waals surface area contributed by atoms with Crippen LogP contribution in [0.5, 0.6) is 5.75 Å². The predicted molar refractivity (Wildman–Crippen MR) is 115 cm³/mol. The van der Waals surface area contributed by atoms with Crippen molar-refractivity contribution in [2.45, 2.75) is 12.8 Å². The Labute approximate surface area is 180 Å². The van der Waals surface area contributed by atoms with E-state index in [0.29, 0.717) is 42.7 Å². The summed E-state index contributed by atoms with van der Waals surface area (Å²) in [5.74, 6) is 1.91. The summed E-state index contributed by atoms with van der Waals surface area (Å²) in [4.78, 5) is 21.2. The van der Waals surface area contributed by atoms with Crippen LogP contribution in [0.3, 0.4) is 0 Å². The normalized spacial score (nSPS) is 14.1. The number of methoxy groups -OCH3 is 1. The number of aromatic nitrogens is 2. The standard InChI is InChI=1S/C22H23ClN4O3/c1-29-19-5-3-2-4-18(19)26-12-14-27(15-13-26)21(28)11-10-20-24-22(25-30-20)16-6-8-17(23)9-7-16/h2-9H,10-15H2,1H3. The van der Waals surface area contributed by atoms with E-state index in [4.69, 9.17) is 20.9 Å². The molecule has 8 heteroatoms. The molecule has 0 radical (unpaired) electrons. The zero-order valence-corrected chi connectivity index (χ0v) is 17.5. The lowest BCUT2D eigenvalue weighted by Gasteiger charge is -2.36. The zero-order chi connectivity index (χ0) is 20.9. The monoisotopic (exact) mass is 426 g/mol. The summed E-state index contributed by atoms with van der Waals surface area (Å²) in [6.45, 7) is 2.90. The number of aryl methyl sites for hydroxylation is 1. The van der Waals surface area contributed by atoms with Gasteiger partial charge in [0, 0.05) is 49.6 Å². The second-order valence-electron chi connectivity index (χ2n) is 7.06. The highest BCUT2D eigenvalue weighted by molar-refractivity contribution is 6.30. The topological polar surface area (TPSA) is 71.7 Å². The van der Waals surface area contributed by atoms with E-state index in [1.54, 1.807) is 19.2 Å². The van der Waals surface area contributed by atoms with E-state index in [1.807, 2.05) is 41.3 Å². The third kappa shape index (κ3) is 4.57. The Bertz CT molecular complexity index is 998. The molecule has 1 amide bonds. The van der Waals surface area contributed by atoms with Crippen LogP contribution in [0, 0.1) is 0 Å². The predicted octanol–water partition coefficient (Wildman–Crippen LogP) is 3.68. The lowest BCUT2D eigenvalue weighted by atomic mass is 10.2. The van der Waals surface area contributed by atoms with Gasteiger partial charge < -0.3 is 19.1 Å². The summed E-state index contributed by atoms with van der Waals surface area (Å²) >= 11 is 5.91. The molecule has 0 bridgehead atoms. The molecule has 0 unspecified atom stereocenters. The number of ether oxygens (including phenoxy) is 1. The molecule has 0 saturated carbocycles. The minimum atomic E-state index is 0.0981. The summed E-state index contributed by atoms with van der Waals surface area (Å²) in [5, 5.41) is 4.65.